The van der Waals surface area contributed by atoms with E-state index in [1.54, 1.807) is 30.3 Å². The maximum atomic E-state index is 12.1. The number of benzene rings is 2. The predicted molar refractivity (Wildman–Crippen MR) is 117 cm³/mol. The highest BCUT2D eigenvalue weighted by atomic mass is 35.5. The van der Waals surface area contributed by atoms with Crippen molar-refractivity contribution in [2.24, 2.45) is 0 Å². The van der Waals surface area contributed by atoms with Crippen molar-refractivity contribution < 1.29 is 22.7 Å². The van der Waals surface area contributed by atoms with Gasteiger partial charge in [0, 0.05) is 31.6 Å². The average molecular weight is 475 g/mol. The second-order valence-corrected chi connectivity index (χ2v) is 8.95. The van der Waals surface area contributed by atoms with Crippen LogP contribution in [-0.2, 0) is 26.1 Å². The van der Waals surface area contributed by atoms with Crippen molar-refractivity contribution >= 4 is 39.1 Å². The molecule has 30 heavy (non-hydrogen) atoms. The van der Waals surface area contributed by atoms with E-state index in [9.17, 15) is 13.2 Å². The second kappa shape index (κ2) is 12.1. The summed E-state index contributed by atoms with van der Waals surface area (Å²) < 4.78 is 37.0. The molecule has 164 valence electrons. The van der Waals surface area contributed by atoms with Crippen molar-refractivity contribution in [2.75, 3.05) is 26.9 Å². The number of carbonyl (C=O) groups excluding carboxylic acids is 1. The van der Waals surface area contributed by atoms with Crippen molar-refractivity contribution in [3.8, 4) is 5.75 Å². The molecule has 0 aliphatic carbocycles. The lowest BCUT2D eigenvalue weighted by molar-refractivity contribution is -0.121. The first-order valence-electron chi connectivity index (χ1n) is 9.24. The van der Waals surface area contributed by atoms with Crippen molar-refractivity contribution in [1.82, 2.24) is 10.0 Å². The molecular formula is C20H24Cl2N2O5S. The number of ether oxygens (including phenoxy) is 2. The van der Waals surface area contributed by atoms with E-state index in [1.807, 2.05) is 0 Å². The van der Waals surface area contributed by atoms with Crippen LogP contribution in [0.1, 0.15) is 18.4 Å². The van der Waals surface area contributed by atoms with Gasteiger partial charge in [0.05, 0.1) is 23.1 Å². The summed E-state index contributed by atoms with van der Waals surface area (Å²) in [5, 5.41) is 3.75. The highest BCUT2D eigenvalue weighted by molar-refractivity contribution is 7.89. The number of nitrogens with one attached hydrogen (secondary N) is 2. The Hall–Kier alpha value is -1.84. The average Bonchev–Trinajstić information content (AvgIpc) is 2.71. The van der Waals surface area contributed by atoms with Gasteiger partial charge >= 0.3 is 0 Å². The first-order chi connectivity index (χ1) is 14.3. The SMILES string of the molecule is COCCNS(=O)(=O)c1ccc(CNC(=O)CCCOc2ccc(Cl)cc2Cl)cc1. The van der Waals surface area contributed by atoms with Crippen LogP contribution in [-0.4, -0.2) is 41.2 Å². The summed E-state index contributed by atoms with van der Waals surface area (Å²) in [5.41, 5.74) is 0.795. The third kappa shape index (κ3) is 8.12. The summed E-state index contributed by atoms with van der Waals surface area (Å²) >= 11 is 11.9. The van der Waals surface area contributed by atoms with Gasteiger partial charge in [0.1, 0.15) is 5.75 Å². The van der Waals surface area contributed by atoms with Gasteiger partial charge in [-0.2, -0.15) is 0 Å². The van der Waals surface area contributed by atoms with Crippen LogP contribution in [0.3, 0.4) is 0 Å². The zero-order valence-electron chi connectivity index (χ0n) is 16.5. The molecule has 2 aromatic rings. The van der Waals surface area contributed by atoms with Crippen LogP contribution < -0.4 is 14.8 Å². The molecule has 2 aromatic carbocycles. The van der Waals surface area contributed by atoms with Crippen LogP contribution in [0.4, 0.5) is 0 Å². The lowest BCUT2D eigenvalue weighted by atomic mass is 10.2. The Labute approximate surface area is 186 Å². The van der Waals surface area contributed by atoms with E-state index in [4.69, 9.17) is 32.7 Å². The Morgan fingerprint density at radius 2 is 1.80 bits per heavy atom. The third-order valence-corrected chi connectivity index (χ3v) is 6.03. The molecule has 1 amide bonds. The van der Waals surface area contributed by atoms with Gasteiger partial charge in [-0.25, -0.2) is 13.1 Å². The van der Waals surface area contributed by atoms with Gasteiger partial charge < -0.3 is 14.8 Å². The third-order valence-electron chi connectivity index (χ3n) is 4.02. The molecule has 0 bridgehead atoms. The molecule has 0 aliphatic heterocycles. The largest absolute Gasteiger partial charge is 0.492 e. The minimum absolute atomic E-state index is 0.126. The van der Waals surface area contributed by atoms with Gasteiger partial charge in [-0.15, -0.1) is 0 Å². The van der Waals surface area contributed by atoms with Gasteiger partial charge in [-0.05, 0) is 42.3 Å². The number of carbonyl (C=O) groups is 1. The Morgan fingerprint density at radius 1 is 1.07 bits per heavy atom. The molecule has 0 fully saturated rings. The standard InChI is InChI=1S/C20H24Cl2N2O5S/c1-28-12-10-24-30(26,27)17-7-4-15(5-8-17)14-23-20(25)3-2-11-29-19-9-6-16(21)13-18(19)22/h4-9,13,24H,2-3,10-12,14H2,1H3,(H,23,25). The van der Waals surface area contributed by atoms with Gasteiger partial charge in [0.2, 0.25) is 15.9 Å². The predicted octanol–water partition coefficient (Wildman–Crippen LogP) is 3.39. The monoisotopic (exact) mass is 474 g/mol. The van der Waals surface area contributed by atoms with Gasteiger partial charge in [0.15, 0.2) is 0 Å². The summed E-state index contributed by atoms with van der Waals surface area (Å²) in [6.45, 7) is 1.14. The topological polar surface area (TPSA) is 93.7 Å². The first kappa shape index (κ1) is 24.4. The van der Waals surface area contributed by atoms with E-state index < -0.39 is 10.0 Å². The quantitative estimate of drug-likeness (QED) is 0.459. The summed E-state index contributed by atoms with van der Waals surface area (Å²) in [7, 11) is -2.07. The Balaban J connectivity index is 1.71. The van der Waals surface area contributed by atoms with E-state index in [1.165, 1.54) is 19.2 Å². The molecule has 0 spiro atoms. The van der Waals surface area contributed by atoms with Crippen LogP contribution in [0, 0.1) is 0 Å². The van der Waals surface area contributed by atoms with Crippen LogP contribution >= 0.6 is 23.2 Å². The Morgan fingerprint density at radius 3 is 2.47 bits per heavy atom. The number of methoxy groups -OCH3 is 1. The van der Waals surface area contributed by atoms with Crippen LogP contribution in [0.25, 0.3) is 0 Å². The number of hydrogen-bond donors (Lipinski definition) is 2. The van der Waals surface area contributed by atoms with E-state index >= 15 is 0 Å². The lowest BCUT2D eigenvalue weighted by Crippen LogP contribution is -2.27. The fourth-order valence-corrected chi connectivity index (χ4v) is 3.92. The molecule has 10 heteroatoms. The molecule has 0 unspecified atom stereocenters. The van der Waals surface area contributed by atoms with E-state index in [0.717, 1.165) is 5.56 Å². The van der Waals surface area contributed by atoms with Crippen molar-refractivity contribution in [3.05, 3.63) is 58.1 Å². The number of rotatable bonds is 12. The normalized spacial score (nSPS) is 11.3. The maximum absolute atomic E-state index is 12.1. The fourth-order valence-electron chi connectivity index (χ4n) is 2.44. The molecule has 0 saturated heterocycles. The van der Waals surface area contributed by atoms with Gasteiger partial charge in [0.25, 0.3) is 0 Å². The molecule has 0 atom stereocenters. The summed E-state index contributed by atoms with van der Waals surface area (Å²) in [5.74, 6) is 0.395. The summed E-state index contributed by atoms with van der Waals surface area (Å²) in [6, 6.07) is 11.3. The molecule has 0 aromatic heterocycles. The van der Waals surface area contributed by atoms with Crippen molar-refractivity contribution in [3.63, 3.8) is 0 Å². The molecule has 0 saturated carbocycles. The first-order valence-corrected chi connectivity index (χ1v) is 11.5. The number of halogens is 2. The Kier molecular flexibility index (Phi) is 9.87. The highest BCUT2D eigenvalue weighted by Gasteiger charge is 2.13. The van der Waals surface area contributed by atoms with Crippen molar-refractivity contribution in [1.29, 1.82) is 0 Å². The van der Waals surface area contributed by atoms with E-state index in [0.29, 0.717) is 48.4 Å². The minimum Gasteiger partial charge on any atom is -0.492 e. The fraction of sp³-hybridized carbons (Fsp3) is 0.350. The van der Waals surface area contributed by atoms with Crippen LogP contribution in [0.2, 0.25) is 10.0 Å². The molecule has 7 nitrogen and oxygen atoms in total. The smallest absolute Gasteiger partial charge is 0.240 e. The summed E-state index contributed by atoms with van der Waals surface area (Å²) in [4.78, 5) is 12.1. The van der Waals surface area contributed by atoms with E-state index in [-0.39, 0.29) is 17.3 Å². The molecule has 2 rings (SSSR count). The summed E-state index contributed by atoms with van der Waals surface area (Å²) in [6.07, 6.45) is 0.816. The number of amides is 1. The van der Waals surface area contributed by atoms with Crippen molar-refractivity contribution in [2.45, 2.75) is 24.3 Å². The molecule has 0 heterocycles. The van der Waals surface area contributed by atoms with Gasteiger partial charge in [-0.1, -0.05) is 35.3 Å². The van der Waals surface area contributed by atoms with E-state index in [2.05, 4.69) is 10.0 Å². The lowest BCUT2D eigenvalue weighted by Gasteiger charge is -2.09. The van der Waals surface area contributed by atoms with Crippen LogP contribution in [0.15, 0.2) is 47.4 Å². The zero-order valence-corrected chi connectivity index (χ0v) is 18.8. The number of hydrogen-bond acceptors (Lipinski definition) is 5. The highest BCUT2D eigenvalue weighted by Crippen LogP contribution is 2.27. The second-order valence-electron chi connectivity index (χ2n) is 6.34. The minimum atomic E-state index is -3.57. The van der Waals surface area contributed by atoms with Gasteiger partial charge in [-0.3, -0.25) is 4.79 Å². The molecular weight excluding hydrogens is 451 g/mol. The zero-order chi connectivity index (χ0) is 22.0. The molecule has 2 N–H and O–H groups in total. The Bertz CT molecular complexity index is 937. The molecule has 0 aliphatic rings. The number of sulfonamides is 1. The van der Waals surface area contributed by atoms with Crippen LogP contribution in [0.5, 0.6) is 5.75 Å². The maximum Gasteiger partial charge on any atom is 0.240 e. The molecule has 0 radical (unpaired) electrons.